The SMILES string of the molecule is CCC(CN(Cc1ncco1)c1nc2ccc(C)nc2s1)OC. The van der Waals surface area contributed by atoms with Gasteiger partial charge in [-0.2, -0.15) is 0 Å². The Morgan fingerprint density at radius 3 is 2.91 bits per heavy atom. The normalized spacial score (nSPS) is 12.7. The lowest BCUT2D eigenvalue weighted by Gasteiger charge is -2.24. The highest BCUT2D eigenvalue weighted by Crippen LogP contribution is 2.29. The lowest BCUT2D eigenvalue weighted by atomic mass is 10.2. The highest BCUT2D eigenvalue weighted by Gasteiger charge is 2.19. The van der Waals surface area contributed by atoms with Gasteiger partial charge in [-0.1, -0.05) is 18.3 Å². The molecule has 0 aromatic carbocycles. The molecule has 7 heteroatoms. The van der Waals surface area contributed by atoms with Crippen LogP contribution in [-0.2, 0) is 11.3 Å². The minimum Gasteiger partial charge on any atom is -0.447 e. The van der Waals surface area contributed by atoms with Gasteiger partial charge in [-0.05, 0) is 25.5 Å². The molecule has 0 aliphatic heterocycles. The molecule has 0 saturated heterocycles. The van der Waals surface area contributed by atoms with E-state index in [4.69, 9.17) is 14.1 Å². The quantitative estimate of drug-likeness (QED) is 0.660. The summed E-state index contributed by atoms with van der Waals surface area (Å²) in [6, 6.07) is 3.99. The van der Waals surface area contributed by atoms with Crippen molar-refractivity contribution >= 4 is 26.8 Å². The molecule has 3 aromatic rings. The number of thiazole rings is 1. The fourth-order valence-electron chi connectivity index (χ4n) is 2.35. The van der Waals surface area contributed by atoms with Gasteiger partial charge in [0.2, 0.25) is 5.89 Å². The van der Waals surface area contributed by atoms with Gasteiger partial charge in [0.1, 0.15) is 16.6 Å². The van der Waals surface area contributed by atoms with Crippen LogP contribution in [0.4, 0.5) is 5.13 Å². The summed E-state index contributed by atoms with van der Waals surface area (Å²) < 4.78 is 10.9. The number of hydrogen-bond acceptors (Lipinski definition) is 7. The smallest absolute Gasteiger partial charge is 0.213 e. The van der Waals surface area contributed by atoms with Crippen molar-refractivity contribution in [3.05, 3.63) is 36.2 Å². The first kappa shape index (κ1) is 15.9. The van der Waals surface area contributed by atoms with Gasteiger partial charge in [0.15, 0.2) is 5.13 Å². The molecular formula is C16H20N4O2S. The molecule has 1 atom stereocenters. The summed E-state index contributed by atoms with van der Waals surface area (Å²) >= 11 is 1.58. The first-order chi connectivity index (χ1) is 11.2. The van der Waals surface area contributed by atoms with E-state index in [9.17, 15) is 0 Å². The fraction of sp³-hybridized carbons (Fsp3) is 0.438. The van der Waals surface area contributed by atoms with Crippen molar-refractivity contribution in [2.45, 2.75) is 32.9 Å². The predicted octanol–water partition coefficient (Wildman–Crippen LogP) is 3.42. The van der Waals surface area contributed by atoms with E-state index in [-0.39, 0.29) is 6.10 Å². The van der Waals surface area contributed by atoms with Crippen LogP contribution in [0.3, 0.4) is 0 Å². The largest absolute Gasteiger partial charge is 0.447 e. The van der Waals surface area contributed by atoms with Crippen molar-refractivity contribution in [3.63, 3.8) is 0 Å². The number of hydrogen-bond donors (Lipinski definition) is 0. The average Bonchev–Trinajstić information content (AvgIpc) is 3.19. The van der Waals surface area contributed by atoms with Gasteiger partial charge in [0, 0.05) is 19.3 Å². The number of aromatic nitrogens is 3. The van der Waals surface area contributed by atoms with Gasteiger partial charge in [0.25, 0.3) is 0 Å². The first-order valence-corrected chi connectivity index (χ1v) is 8.41. The molecule has 0 spiro atoms. The molecule has 122 valence electrons. The monoisotopic (exact) mass is 332 g/mol. The second kappa shape index (κ2) is 7.06. The number of fused-ring (bicyclic) bond motifs is 1. The minimum atomic E-state index is 0.131. The first-order valence-electron chi connectivity index (χ1n) is 7.60. The van der Waals surface area contributed by atoms with Crippen LogP contribution >= 0.6 is 11.3 Å². The molecule has 0 amide bonds. The second-order valence-corrected chi connectivity index (χ2v) is 6.30. The molecular weight excluding hydrogens is 312 g/mol. The Bertz CT molecular complexity index is 753. The molecule has 3 rings (SSSR count). The molecule has 3 aromatic heterocycles. The Morgan fingerprint density at radius 2 is 2.22 bits per heavy atom. The molecule has 0 bridgehead atoms. The lowest BCUT2D eigenvalue weighted by molar-refractivity contribution is 0.104. The minimum absolute atomic E-state index is 0.131. The summed E-state index contributed by atoms with van der Waals surface area (Å²) in [5.74, 6) is 0.666. The highest BCUT2D eigenvalue weighted by atomic mass is 32.1. The summed E-state index contributed by atoms with van der Waals surface area (Å²) in [7, 11) is 1.74. The van der Waals surface area contributed by atoms with Crippen LogP contribution in [0.15, 0.2) is 29.0 Å². The Hall–Kier alpha value is -1.99. The van der Waals surface area contributed by atoms with Crippen LogP contribution in [-0.4, -0.2) is 34.7 Å². The predicted molar refractivity (Wildman–Crippen MR) is 90.8 cm³/mol. The topological polar surface area (TPSA) is 64.3 Å². The van der Waals surface area contributed by atoms with Crippen LogP contribution in [0, 0.1) is 6.92 Å². The van der Waals surface area contributed by atoms with E-state index in [2.05, 4.69) is 21.8 Å². The van der Waals surface area contributed by atoms with E-state index in [0.29, 0.717) is 12.4 Å². The molecule has 23 heavy (non-hydrogen) atoms. The van der Waals surface area contributed by atoms with Crippen molar-refractivity contribution < 1.29 is 9.15 Å². The number of rotatable bonds is 7. The molecule has 0 aliphatic rings. The number of pyridine rings is 1. The lowest BCUT2D eigenvalue weighted by Crippen LogP contribution is -2.32. The Kier molecular flexibility index (Phi) is 4.88. The number of aryl methyl sites for hydroxylation is 1. The summed E-state index contributed by atoms with van der Waals surface area (Å²) in [5, 5.41) is 0.909. The van der Waals surface area contributed by atoms with E-state index in [1.165, 1.54) is 0 Å². The van der Waals surface area contributed by atoms with E-state index in [0.717, 1.165) is 34.1 Å². The van der Waals surface area contributed by atoms with Crippen LogP contribution in [0.1, 0.15) is 24.9 Å². The molecule has 0 radical (unpaired) electrons. The van der Waals surface area contributed by atoms with Gasteiger partial charge in [-0.3, -0.25) is 0 Å². The Morgan fingerprint density at radius 1 is 1.35 bits per heavy atom. The van der Waals surface area contributed by atoms with E-state index < -0.39 is 0 Å². The van der Waals surface area contributed by atoms with Crippen LogP contribution in [0.2, 0.25) is 0 Å². The summed E-state index contributed by atoms with van der Waals surface area (Å²) in [5.41, 5.74) is 1.91. The number of anilines is 1. The highest BCUT2D eigenvalue weighted by molar-refractivity contribution is 7.21. The molecule has 6 nitrogen and oxygen atoms in total. The van der Waals surface area contributed by atoms with Gasteiger partial charge < -0.3 is 14.1 Å². The van der Waals surface area contributed by atoms with E-state index in [1.54, 1.807) is 30.9 Å². The van der Waals surface area contributed by atoms with Crippen molar-refractivity contribution in [2.75, 3.05) is 18.6 Å². The van der Waals surface area contributed by atoms with Crippen LogP contribution in [0.5, 0.6) is 0 Å². The molecule has 3 heterocycles. The van der Waals surface area contributed by atoms with Gasteiger partial charge in [0.05, 0.1) is 18.8 Å². The zero-order chi connectivity index (χ0) is 16.2. The van der Waals surface area contributed by atoms with Crippen molar-refractivity contribution in [1.82, 2.24) is 15.0 Å². The van der Waals surface area contributed by atoms with Gasteiger partial charge >= 0.3 is 0 Å². The summed E-state index contributed by atoms with van der Waals surface area (Å²) in [4.78, 5) is 16.6. The van der Waals surface area contributed by atoms with E-state index in [1.807, 2.05) is 19.1 Å². The summed E-state index contributed by atoms with van der Waals surface area (Å²) in [6.07, 6.45) is 4.31. The van der Waals surface area contributed by atoms with Crippen molar-refractivity contribution in [1.29, 1.82) is 0 Å². The maximum Gasteiger partial charge on any atom is 0.213 e. The summed E-state index contributed by atoms with van der Waals surface area (Å²) in [6.45, 7) is 5.39. The average molecular weight is 332 g/mol. The van der Waals surface area contributed by atoms with Crippen molar-refractivity contribution in [2.24, 2.45) is 0 Å². The number of methoxy groups -OCH3 is 1. The molecule has 1 unspecified atom stereocenters. The van der Waals surface area contributed by atoms with Gasteiger partial charge in [-0.25, -0.2) is 15.0 Å². The molecule has 0 aliphatic carbocycles. The van der Waals surface area contributed by atoms with E-state index >= 15 is 0 Å². The number of nitrogens with zero attached hydrogens (tertiary/aromatic N) is 4. The Balaban J connectivity index is 1.91. The maximum atomic E-state index is 5.53. The maximum absolute atomic E-state index is 5.53. The molecule has 0 fully saturated rings. The zero-order valence-electron chi connectivity index (χ0n) is 13.5. The van der Waals surface area contributed by atoms with Crippen molar-refractivity contribution in [3.8, 4) is 0 Å². The second-order valence-electron chi connectivity index (χ2n) is 5.35. The zero-order valence-corrected chi connectivity index (χ0v) is 14.3. The number of ether oxygens (including phenoxy) is 1. The third-order valence-corrected chi connectivity index (χ3v) is 4.70. The fourth-order valence-corrected chi connectivity index (χ4v) is 3.35. The molecule has 0 saturated carbocycles. The van der Waals surface area contributed by atoms with Crippen LogP contribution in [0.25, 0.3) is 10.3 Å². The van der Waals surface area contributed by atoms with Crippen LogP contribution < -0.4 is 4.90 Å². The van der Waals surface area contributed by atoms with Gasteiger partial charge in [-0.15, -0.1) is 0 Å². The Labute approximate surface area is 139 Å². The standard InChI is InChI=1S/C16H20N4O2S/c1-4-12(21-3)9-20(10-14-17-7-8-22-14)16-19-13-6-5-11(2)18-15(13)23-16/h5-8,12H,4,9-10H2,1-3H3. The third kappa shape index (κ3) is 3.68. The number of oxazole rings is 1. The third-order valence-electron chi connectivity index (χ3n) is 3.68. The molecule has 0 N–H and O–H groups in total.